The molecule has 1 unspecified atom stereocenters. The summed E-state index contributed by atoms with van der Waals surface area (Å²) in [4.78, 5) is 2.33. The van der Waals surface area contributed by atoms with Gasteiger partial charge in [0.25, 0.3) is 0 Å². The molecular weight excluding hydrogens is 300 g/mol. The summed E-state index contributed by atoms with van der Waals surface area (Å²) in [7, 11) is 0. The van der Waals surface area contributed by atoms with E-state index in [1.54, 1.807) is 6.20 Å². The number of fused-ring (bicyclic) bond motifs is 1. The minimum Gasteiger partial charge on any atom is -0.382 e. The summed E-state index contributed by atoms with van der Waals surface area (Å²) in [6.07, 6.45) is 4.33. The molecule has 5 nitrogen and oxygen atoms in total. The van der Waals surface area contributed by atoms with Gasteiger partial charge >= 0.3 is 0 Å². The minimum atomic E-state index is -0.880. The molecular formula is C19H22N4O. The lowest BCUT2D eigenvalue weighted by Crippen LogP contribution is -2.46. The van der Waals surface area contributed by atoms with Gasteiger partial charge < -0.3 is 5.11 Å². The average molecular weight is 322 g/mol. The third kappa shape index (κ3) is 3.05. The first-order valence-electron chi connectivity index (χ1n) is 8.52. The predicted molar refractivity (Wildman–Crippen MR) is 93.6 cm³/mol. The number of nitrogens with one attached hydrogen (secondary N) is 1. The highest BCUT2D eigenvalue weighted by Crippen LogP contribution is 2.29. The van der Waals surface area contributed by atoms with E-state index in [-0.39, 0.29) is 0 Å². The summed E-state index contributed by atoms with van der Waals surface area (Å²) in [5.41, 5.74) is 1.11. The van der Waals surface area contributed by atoms with Crippen LogP contribution in [0.3, 0.4) is 0 Å². The lowest BCUT2D eigenvalue weighted by molar-refractivity contribution is -0.0385. The molecule has 0 radical (unpaired) electrons. The van der Waals surface area contributed by atoms with E-state index in [2.05, 4.69) is 62.8 Å². The fourth-order valence-electron chi connectivity index (χ4n) is 3.63. The molecule has 0 saturated carbocycles. The van der Waals surface area contributed by atoms with Crippen molar-refractivity contribution in [2.75, 3.05) is 19.6 Å². The second-order valence-electron chi connectivity index (χ2n) is 6.70. The normalized spacial score (nSPS) is 22.0. The van der Waals surface area contributed by atoms with Crippen molar-refractivity contribution in [3.63, 3.8) is 0 Å². The Morgan fingerprint density at radius 2 is 2.04 bits per heavy atom. The van der Waals surface area contributed by atoms with Crippen molar-refractivity contribution in [2.45, 2.75) is 24.9 Å². The fraction of sp³-hybridized carbons (Fsp3) is 0.368. The van der Waals surface area contributed by atoms with Gasteiger partial charge in [-0.3, -0.25) is 4.90 Å². The van der Waals surface area contributed by atoms with Gasteiger partial charge in [0, 0.05) is 13.1 Å². The molecule has 0 aliphatic carbocycles. The van der Waals surface area contributed by atoms with Gasteiger partial charge in [-0.25, -0.2) is 0 Å². The number of likely N-dealkylation sites (tertiary alicyclic amines) is 1. The molecule has 1 fully saturated rings. The van der Waals surface area contributed by atoms with E-state index in [1.807, 2.05) is 0 Å². The zero-order valence-corrected chi connectivity index (χ0v) is 13.7. The summed E-state index contributed by atoms with van der Waals surface area (Å²) in [5, 5.41) is 24.0. The number of benzene rings is 2. The van der Waals surface area contributed by atoms with Crippen LogP contribution >= 0.6 is 0 Å². The minimum absolute atomic E-state index is 0.618. The van der Waals surface area contributed by atoms with Crippen molar-refractivity contribution < 1.29 is 5.11 Å². The average Bonchev–Trinajstić information content (AvgIpc) is 3.16. The first-order chi connectivity index (χ1) is 11.7. The smallest absolute Gasteiger partial charge is 0.123 e. The molecule has 5 heteroatoms. The molecule has 3 aromatic rings. The summed E-state index contributed by atoms with van der Waals surface area (Å²) >= 11 is 0. The largest absolute Gasteiger partial charge is 0.382 e. The SMILES string of the molecule is OC1(c2cn[nH]n2)CCCN(CCc2ccc3ccccc3c2)C1. The van der Waals surface area contributed by atoms with Gasteiger partial charge in [-0.05, 0) is 42.1 Å². The van der Waals surface area contributed by atoms with Gasteiger partial charge in [0.2, 0.25) is 0 Å². The van der Waals surface area contributed by atoms with Crippen LogP contribution in [0.25, 0.3) is 10.8 Å². The summed E-state index contributed by atoms with van der Waals surface area (Å²) < 4.78 is 0. The second kappa shape index (κ2) is 6.34. The Hall–Kier alpha value is -2.24. The van der Waals surface area contributed by atoms with Crippen LogP contribution in [0, 0.1) is 0 Å². The molecule has 1 atom stereocenters. The maximum atomic E-state index is 10.9. The highest BCUT2D eigenvalue weighted by Gasteiger charge is 2.36. The van der Waals surface area contributed by atoms with Crippen molar-refractivity contribution in [3.8, 4) is 0 Å². The molecule has 0 bridgehead atoms. The number of aromatic amines is 1. The zero-order chi connectivity index (χ0) is 16.4. The number of β-amino-alcohol motifs (C(OH)–C–C–N with tert-alkyl or cyclic N) is 1. The molecule has 124 valence electrons. The van der Waals surface area contributed by atoms with E-state index in [0.29, 0.717) is 12.2 Å². The lowest BCUT2D eigenvalue weighted by Gasteiger charge is -2.38. The highest BCUT2D eigenvalue weighted by molar-refractivity contribution is 5.82. The Kier molecular flexibility index (Phi) is 4.04. The van der Waals surface area contributed by atoms with Gasteiger partial charge in [-0.15, -0.1) is 0 Å². The third-order valence-electron chi connectivity index (χ3n) is 4.97. The van der Waals surface area contributed by atoms with Gasteiger partial charge in [0.1, 0.15) is 11.3 Å². The van der Waals surface area contributed by atoms with Crippen LogP contribution in [-0.4, -0.2) is 45.1 Å². The maximum absolute atomic E-state index is 10.9. The van der Waals surface area contributed by atoms with Crippen molar-refractivity contribution in [1.29, 1.82) is 0 Å². The van der Waals surface area contributed by atoms with E-state index in [4.69, 9.17) is 0 Å². The summed E-state index contributed by atoms with van der Waals surface area (Å²) in [5.74, 6) is 0. The molecule has 0 amide bonds. The first kappa shape index (κ1) is 15.3. The van der Waals surface area contributed by atoms with Crippen LogP contribution in [0.2, 0.25) is 0 Å². The molecule has 2 N–H and O–H groups in total. The van der Waals surface area contributed by atoms with E-state index in [1.165, 1.54) is 16.3 Å². The Labute approximate surface area is 141 Å². The van der Waals surface area contributed by atoms with Crippen LogP contribution < -0.4 is 0 Å². The van der Waals surface area contributed by atoms with E-state index in [9.17, 15) is 5.11 Å². The standard InChI is InChI=1S/C19H22N4O/c24-19(18-13-20-22-21-18)9-3-10-23(14-19)11-8-15-6-7-16-4-1-2-5-17(16)12-15/h1-2,4-7,12-13,24H,3,8-11,14H2,(H,20,21,22). The Balaban J connectivity index is 1.43. The van der Waals surface area contributed by atoms with Crippen molar-refractivity contribution >= 4 is 10.8 Å². The van der Waals surface area contributed by atoms with Gasteiger partial charge in [0.05, 0.1) is 6.20 Å². The topological polar surface area (TPSA) is 65.0 Å². The number of rotatable bonds is 4. The van der Waals surface area contributed by atoms with Crippen molar-refractivity contribution in [3.05, 3.63) is 59.9 Å². The highest BCUT2D eigenvalue weighted by atomic mass is 16.3. The van der Waals surface area contributed by atoms with Crippen LogP contribution in [0.1, 0.15) is 24.1 Å². The first-order valence-corrected chi connectivity index (χ1v) is 8.52. The van der Waals surface area contributed by atoms with Gasteiger partial charge in [-0.2, -0.15) is 15.4 Å². The van der Waals surface area contributed by atoms with Crippen molar-refractivity contribution in [2.24, 2.45) is 0 Å². The van der Waals surface area contributed by atoms with Crippen LogP contribution in [0.15, 0.2) is 48.7 Å². The number of H-pyrrole nitrogens is 1. The van der Waals surface area contributed by atoms with Crippen LogP contribution in [0.5, 0.6) is 0 Å². The molecule has 1 aliphatic rings. The van der Waals surface area contributed by atoms with E-state index < -0.39 is 5.60 Å². The number of hydrogen-bond acceptors (Lipinski definition) is 4. The molecule has 2 aromatic carbocycles. The van der Waals surface area contributed by atoms with E-state index >= 15 is 0 Å². The van der Waals surface area contributed by atoms with Gasteiger partial charge in [-0.1, -0.05) is 42.5 Å². The number of piperidine rings is 1. The molecule has 2 heterocycles. The summed E-state index contributed by atoms with van der Waals surface area (Å²) in [6.45, 7) is 2.58. The maximum Gasteiger partial charge on any atom is 0.123 e. The van der Waals surface area contributed by atoms with Crippen LogP contribution in [-0.2, 0) is 12.0 Å². The molecule has 4 rings (SSSR count). The Morgan fingerprint density at radius 1 is 1.17 bits per heavy atom. The molecule has 1 aliphatic heterocycles. The number of aliphatic hydroxyl groups is 1. The monoisotopic (exact) mass is 322 g/mol. The fourth-order valence-corrected chi connectivity index (χ4v) is 3.63. The molecule has 1 saturated heterocycles. The quantitative estimate of drug-likeness (QED) is 0.774. The lowest BCUT2D eigenvalue weighted by atomic mass is 9.90. The summed E-state index contributed by atoms with van der Waals surface area (Å²) in [6, 6.07) is 15.1. The third-order valence-corrected chi connectivity index (χ3v) is 4.97. The second-order valence-corrected chi connectivity index (χ2v) is 6.70. The number of nitrogens with zero attached hydrogens (tertiary/aromatic N) is 3. The van der Waals surface area contributed by atoms with E-state index in [0.717, 1.165) is 32.4 Å². The Morgan fingerprint density at radius 3 is 2.88 bits per heavy atom. The number of aromatic nitrogens is 3. The van der Waals surface area contributed by atoms with Gasteiger partial charge in [0.15, 0.2) is 0 Å². The van der Waals surface area contributed by atoms with Crippen molar-refractivity contribution in [1.82, 2.24) is 20.3 Å². The van der Waals surface area contributed by atoms with Crippen LogP contribution in [0.4, 0.5) is 0 Å². The Bertz CT molecular complexity index is 817. The predicted octanol–water partition coefficient (Wildman–Crippen LogP) is 2.48. The number of hydrogen-bond donors (Lipinski definition) is 2. The molecule has 1 aromatic heterocycles. The zero-order valence-electron chi connectivity index (χ0n) is 13.7. The molecule has 24 heavy (non-hydrogen) atoms. The molecule has 0 spiro atoms.